The fourth-order valence-electron chi connectivity index (χ4n) is 2.85. The Balaban J connectivity index is 2.72. The van der Waals surface area contributed by atoms with Crippen molar-refractivity contribution in [3.8, 4) is 0 Å². The highest BCUT2D eigenvalue weighted by atomic mass is 16.1. The number of rotatable bonds is 5. The van der Waals surface area contributed by atoms with Crippen molar-refractivity contribution in [2.45, 2.75) is 47.0 Å². The lowest BCUT2D eigenvalue weighted by Gasteiger charge is -2.38. The number of aldehydes is 1. The second kappa shape index (κ2) is 7.97. The van der Waals surface area contributed by atoms with Crippen LogP contribution in [0.4, 0.5) is 0 Å². The summed E-state index contributed by atoms with van der Waals surface area (Å²) >= 11 is 0. The molecule has 1 nitrogen and oxygen atoms in total. The molecule has 0 aliphatic heterocycles. The summed E-state index contributed by atoms with van der Waals surface area (Å²) in [6.07, 6.45) is 16.5. The van der Waals surface area contributed by atoms with Crippen LogP contribution in [0.3, 0.4) is 0 Å². The second-order valence-corrected chi connectivity index (χ2v) is 6.65. The zero-order valence-corrected chi connectivity index (χ0v) is 13.9. The summed E-state index contributed by atoms with van der Waals surface area (Å²) in [6, 6.07) is 0. The van der Waals surface area contributed by atoms with Gasteiger partial charge in [-0.25, -0.2) is 0 Å². The minimum absolute atomic E-state index is 0.311. The Morgan fingerprint density at radius 2 is 1.86 bits per heavy atom. The van der Waals surface area contributed by atoms with E-state index in [0.717, 1.165) is 18.3 Å². The van der Waals surface area contributed by atoms with Crippen molar-refractivity contribution >= 4 is 6.29 Å². The van der Waals surface area contributed by atoms with Crippen LogP contribution in [0.5, 0.6) is 0 Å². The van der Waals surface area contributed by atoms with Crippen LogP contribution in [0.25, 0.3) is 0 Å². The molecule has 1 rings (SSSR count). The topological polar surface area (TPSA) is 17.1 Å². The molecule has 21 heavy (non-hydrogen) atoms. The van der Waals surface area contributed by atoms with Crippen molar-refractivity contribution in [1.82, 2.24) is 0 Å². The fraction of sp³-hybridized carbons (Fsp3) is 0.450. The minimum Gasteiger partial charge on any atom is -0.299 e. The predicted molar refractivity (Wildman–Crippen MR) is 92.1 cm³/mol. The van der Waals surface area contributed by atoms with Gasteiger partial charge in [0.2, 0.25) is 0 Å². The van der Waals surface area contributed by atoms with Crippen molar-refractivity contribution in [2.75, 3.05) is 0 Å². The molecule has 1 atom stereocenters. The van der Waals surface area contributed by atoms with Gasteiger partial charge in [-0.1, -0.05) is 62.0 Å². The Morgan fingerprint density at radius 1 is 1.19 bits per heavy atom. The molecule has 1 aliphatic carbocycles. The average Bonchev–Trinajstić information content (AvgIpc) is 2.37. The van der Waals surface area contributed by atoms with E-state index in [0.29, 0.717) is 11.3 Å². The predicted octanol–water partition coefficient (Wildman–Crippen LogP) is 5.57. The summed E-state index contributed by atoms with van der Waals surface area (Å²) in [7, 11) is 0. The lowest BCUT2D eigenvalue weighted by Crippen LogP contribution is -2.27. The van der Waals surface area contributed by atoms with Crippen LogP contribution >= 0.6 is 0 Å². The van der Waals surface area contributed by atoms with Gasteiger partial charge in [-0.05, 0) is 50.2 Å². The summed E-state index contributed by atoms with van der Waals surface area (Å²) in [6.45, 7) is 12.9. The van der Waals surface area contributed by atoms with Gasteiger partial charge in [0, 0.05) is 5.92 Å². The molecule has 0 aromatic carbocycles. The molecular weight excluding hydrogens is 256 g/mol. The van der Waals surface area contributed by atoms with Crippen LogP contribution in [0.15, 0.2) is 59.8 Å². The largest absolute Gasteiger partial charge is 0.299 e. The van der Waals surface area contributed by atoms with E-state index >= 15 is 0 Å². The number of carbonyl (C=O) groups is 1. The van der Waals surface area contributed by atoms with E-state index in [1.165, 1.54) is 24.0 Å². The van der Waals surface area contributed by atoms with Crippen LogP contribution in [0.2, 0.25) is 0 Å². The highest BCUT2D eigenvalue weighted by Gasteiger charge is 2.32. The zero-order valence-electron chi connectivity index (χ0n) is 13.9. The average molecular weight is 284 g/mol. The van der Waals surface area contributed by atoms with Gasteiger partial charge in [0.05, 0.1) is 0 Å². The normalized spacial score (nSPS) is 24.0. The third-order valence-corrected chi connectivity index (χ3v) is 4.20. The summed E-state index contributed by atoms with van der Waals surface area (Å²) in [5.41, 5.74) is 3.83. The zero-order chi connectivity index (χ0) is 15.9. The summed E-state index contributed by atoms with van der Waals surface area (Å²) in [5.74, 6) is 0.468. The molecule has 0 bridgehead atoms. The molecule has 0 spiro atoms. The van der Waals surface area contributed by atoms with Crippen molar-refractivity contribution in [3.63, 3.8) is 0 Å². The quantitative estimate of drug-likeness (QED) is 0.279. The van der Waals surface area contributed by atoms with E-state index in [2.05, 4.69) is 45.6 Å². The Hall–Kier alpha value is -1.63. The molecule has 0 amide bonds. The van der Waals surface area contributed by atoms with E-state index in [1.807, 2.05) is 19.1 Å². The summed E-state index contributed by atoms with van der Waals surface area (Å²) in [5, 5.41) is 0. The number of hydrogen-bond donors (Lipinski definition) is 0. The molecule has 114 valence electrons. The van der Waals surface area contributed by atoms with Crippen LogP contribution in [-0.2, 0) is 4.79 Å². The molecule has 0 saturated heterocycles. The first-order valence-electron chi connectivity index (χ1n) is 7.70. The molecule has 0 heterocycles. The molecule has 1 saturated carbocycles. The Kier molecular flexibility index (Phi) is 6.61. The first-order valence-corrected chi connectivity index (χ1v) is 7.70. The van der Waals surface area contributed by atoms with Crippen molar-refractivity contribution in [3.05, 3.63) is 59.8 Å². The van der Waals surface area contributed by atoms with Crippen molar-refractivity contribution in [2.24, 2.45) is 11.3 Å². The first kappa shape index (κ1) is 17.4. The molecule has 0 radical (unpaired) electrons. The Morgan fingerprint density at radius 3 is 2.48 bits per heavy atom. The Labute approximate surface area is 129 Å². The standard InChI is InChI=1S/C20H28O/c1-16(8-6-9-17(2)13-15-21)11-12-19-18(3)10-7-14-20(19,4)5/h6,8-9,11-13,15,19H,3,7,10,14H2,1-2,4-5H3. The van der Waals surface area contributed by atoms with Gasteiger partial charge in [-0.3, -0.25) is 4.79 Å². The SMILES string of the molecule is C=C1CCCC(C)(C)C1C=CC(C)=CC=CC(C)=CC=O. The minimum atomic E-state index is 0.311. The maximum Gasteiger partial charge on any atom is 0.143 e. The van der Waals surface area contributed by atoms with Crippen LogP contribution < -0.4 is 0 Å². The maximum atomic E-state index is 10.3. The highest BCUT2D eigenvalue weighted by molar-refractivity contribution is 5.66. The van der Waals surface area contributed by atoms with Gasteiger partial charge in [-0.2, -0.15) is 0 Å². The van der Waals surface area contributed by atoms with Crippen LogP contribution in [0, 0.1) is 11.3 Å². The Bertz CT molecular complexity index is 498. The van der Waals surface area contributed by atoms with Gasteiger partial charge in [0.25, 0.3) is 0 Å². The third kappa shape index (κ3) is 5.71. The van der Waals surface area contributed by atoms with Crippen LogP contribution in [-0.4, -0.2) is 6.29 Å². The molecule has 1 heteroatoms. The van der Waals surface area contributed by atoms with Gasteiger partial charge >= 0.3 is 0 Å². The summed E-state index contributed by atoms with van der Waals surface area (Å²) in [4.78, 5) is 10.3. The van der Waals surface area contributed by atoms with Gasteiger partial charge in [-0.15, -0.1) is 0 Å². The molecule has 1 unspecified atom stereocenters. The van der Waals surface area contributed by atoms with E-state index in [1.54, 1.807) is 6.08 Å². The van der Waals surface area contributed by atoms with Crippen LogP contribution in [0.1, 0.15) is 47.0 Å². The number of allylic oxidation sites excluding steroid dienone is 9. The molecule has 0 aromatic heterocycles. The lowest BCUT2D eigenvalue weighted by atomic mass is 9.66. The molecule has 0 N–H and O–H groups in total. The van der Waals surface area contributed by atoms with E-state index in [9.17, 15) is 4.79 Å². The van der Waals surface area contributed by atoms with Crippen molar-refractivity contribution < 1.29 is 4.79 Å². The first-order chi connectivity index (χ1) is 9.86. The monoisotopic (exact) mass is 284 g/mol. The smallest absolute Gasteiger partial charge is 0.143 e. The summed E-state index contributed by atoms with van der Waals surface area (Å²) < 4.78 is 0. The number of hydrogen-bond acceptors (Lipinski definition) is 1. The van der Waals surface area contributed by atoms with E-state index < -0.39 is 0 Å². The second-order valence-electron chi connectivity index (χ2n) is 6.65. The van der Waals surface area contributed by atoms with E-state index in [-0.39, 0.29) is 0 Å². The number of carbonyl (C=O) groups excluding carboxylic acids is 1. The van der Waals surface area contributed by atoms with Gasteiger partial charge in [0.1, 0.15) is 6.29 Å². The van der Waals surface area contributed by atoms with Gasteiger partial charge < -0.3 is 0 Å². The fourth-order valence-corrected chi connectivity index (χ4v) is 2.85. The van der Waals surface area contributed by atoms with Crippen molar-refractivity contribution in [1.29, 1.82) is 0 Å². The van der Waals surface area contributed by atoms with E-state index in [4.69, 9.17) is 0 Å². The maximum absolute atomic E-state index is 10.3. The molecule has 1 fully saturated rings. The molecular formula is C20H28O. The van der Waals surface area contributed by atoms with Gasteiger partial charge in [0.15, 0.2) is 0 Å². The lowest BCUT2D eigenvalue weighted by molar-refractivity contribution is -0.104. The third-order valence-electron chi connectivity index (χ3n) is 4.20. The molecule has 0 aromatic rings. The highest BCUT2D eigenvalue weighted by Crippen LogP contribution is 2.43. The molecule has 1 aliphatic rings.